The lowest BCUT2D eigenvalue weighted by Gasteiger charge is -2.34. The van der Waals surface area contributed by atoms with Crippen LogP contribution in [0.4, 0.5) is 0 Å². The summed E-state index contributed by atoms with van der Waals surface area (Å²) < 4.78 is 5.60. The lowest BCUT2D eigenvalue weighted by atomic mass is 9.92. The summed E-state index contributed by atoms with van der Waals surface area (Å²) in [5, 5.41) is 7.65. The number of nitrogens with one attached hydrogen (secondary N) is 1. The molecule has 1 unspecified atom stereocenters. The molecular formula is C16H28N4O. The Morgan fingerprint density at radius 2 is 2.00 bits per heavy atom. The molecule has 5 nitrogen and oxygen atoms in total. The fraction of sp³-hybridized carbons (Fsp3) is 0.875. The van der Waals surface area contributed by atoms with E-state index in [-0.39, 0.29) is 5.41 Å². The zero-order valence-corrected chi connectivity index (χ0v) is 13.6. The van der Waals surface area contributed by atoms with E-state index in [1.54, 1.807) is 0 Å². The SMILES string of the molecule is CC(C)(C)Cc1noc(C2CCCN2C2CCNCC2)n1. The fourth-order valence-electron chi connectivity index (χ4n) is 3.58. The van der Waals surface area contributed by atoms with E-state index >= 15 is 0 Å². The molecule has 0 aromatic carbocycles. The number of likely N-dealkylation sites (tertiary alicyclic amines) is 1. The van der Waals surface area contributed by atoms with Gasteiger partial charge in [0.05, 0.1) is 6.04 Å². The summed E-state index contributed by atoms with van der Waals surface area (Å²) in [5.74, 6) is 1.69. The van der Waals surface area contributed by atoms with Crippen LogP contribution in [0, 0.1) is 5.41 Å². The summed E-state index contributed by atoms with van der Waals surface area (Å²) in [4.78, 5) is 7.29. The summed E-state index contributed by atoms with van der Waals surface area (Å²) >= 11 is 0. The van der Waals surface area contributed by atoms with E-state index in [1.807, 2.05) is 0 Å². The summed E-state index contributed by atoms with van der Waals surface area (Å²) in [5.41, 5.74) is 0.200. The predicted molar refractivity (Wildman–Crippen MR) is 82.0 cm³/mol. The molecule has 0 radical (unpaired) electrons. The number of hydrogen-bond donors (Lipinski definition) is 1. The van der Waals surface area contributed by atoms with Crippen LogP contribution >= 0.6 is 0 Å². The maximum atomic E-state index is 5.60. The van der Waals surface area contributed by atoms with Crippen LogP contribution in [0.3, 0.4) is 0 Å². The summed E-state index contributed by atoms with van der Waals surface area (Å²) in [6.45, 7) is 10.1. The minimum atomic E-state index is 0.200. The molecule has 2 aliphatic heterocycles. The second kappa shape index (κ2) is 6.05. The highest BCUT2D eigenvalue weighted by molar-refractivity contribution is 5.00. The van der Waals surface area contributed by atoms with E-state index in [4.69, 9.17) is 4.52 Å². The standard InChI is InChI=1S/C16H28N4O/c1-16(2,3)11-14-18-15(21-19-14)13-5-4-10-20(13)12-6-8-17-9-7-12/h12-13,17H,4-11H2,1-3H3. The van der Waals surface area contributed by atoms with Gasteiger partial charge in [0.1, 0.15) is 0 Å². The van der Waals surface area contributed by atoms with E-state index in [2.05, 4.69) is 41.1 Å². The zero-order valence-electron chi connectivity index (χ0n) is 13.6. The van der Waals surface area contributed by atoms with Crippen molar-refractivity contribution in [2.75, 3.05) is 19.6 Å². The minimum absolute atomic E-state index is 0.200. The van der Waals surface area contributed by atoms with Gasteiger partial charge in [0.2, 0.25) is 5.89 Å². The lowest BCUT2D eigenvalue weighted by molar-refractivity contribution is 0.126. The molecule has 21 heavy (non-hydrogen) atoms. The Morgan fingerprint density at radius 3 is 2.71 bits per heavy atom. The zero-order chi connectivity index (χ0) is 14.9. The first-order valence-electron chi connectivity index (χ1n) is 8.32. The number of hydrogen-bond acceptors (Lipinski definition) is 5. The van der Waals surface area contributed by atoms with Crippen molar-refractivity contribution in [3.63, 3.8) is 0 Å². The van der Waals surface area contributed by atoms with Crippen LogP contribution in [-0.4, -0.2) is 40.7 Å². The Hall–Kier alpha value is -0.940. The Kier molecular flexibility index (Phi) is 4.31. The third-order valence-corrected chi connectivity index (χ3v) is 4.53. The van der Waals surface area contributed by atoms with Gasteiger partial charge in [-0.3, -0.25) is 4.90 Å². The van der Waals surface area contributed by atoms with Gasteiger partial charge in [0.15, 0.2) is 5.82 Å². The summed E-state index contributed by atoms with van der Waals surface area (Å²) in [6.07, 6.45) is 5.74. The molecule has 0 saturated carbocycles. The number of piperidine rings is 1. The number of rotatable bonds is 3. The summed E-state index contributed by atoms with van der Waals surface area (Å²) in [7, 11) is 0. The van der Waals surface area contributed by atoms with Gasteiger partial charge in [-0.2, -0.15) is 4.98 Å². The fourth-order valence-corrected chi connectivity index (χ4v) is 3.58. The van der Waals surface area contributed by atoms with Crippen LogP contribution in [0.5, 0.6) is 0 Å². The maximum absolute atomic E-state index is 5.60. The quantitative estimate of drug-likeness (QED) is 0.928. The lowest BCUT2D eigenvalue weighted by Crippen LogP contribution is -2.42. The van der Waals surface area contributed by atoms with E-state index < -0.39 is 0 Å². The monoisotopic (exact) mass is 292 g/mol. The highest BCUT2D eigenvalue weighted by atomic mass is 16.5. The van der Waals surface area contributed by atoms with Gasteiger partial charge in [-0.25, -0.2) is 0 Å². The largest absolute Gasteiger partial charge is 0.338 e. The van der Waals surface area contributed by atoms with Gasteiger partial charge in [-0.1, -0.05) is 25.9 Å². The molecule has 3 rings (SSSR count). The first kappa shape index (κ1) is 15.0. The molecule has 2 fully saturated rings. The van der Waals surface area contributed by atoms with Crippen LogP contribution in [-0.2, 0) is 6.42 Å². The van der Waals surface area contributed by atoms with E-state index in [0.717, 1.165) is 37.6 Å². The smallest absolute Gasteiger partial charge is 0.244 e. The van der Waals surface area contributed by atoms with Crippen LogP contribution in [0.2, 0.25) is 0 Å². The van der Waals surface area contributed by atoms with Crippen LogP contribution in [0.15, 0.2) is 4.52 Å². The molecule has 1 atom stereocenters. The molecule has 0 spiro atoms. The van der Waals surface area contributed by atoms with Crippen LogP contribution in [0.1, 0.15) is 64.2 Å². The molecular weight excluding hydrogens is 264 g/mol. The Balaban J connectivity index is 1.70. The van der Waals surface area contributed by atoms with Crippen molar-refractivity contribution in [2.24, 2.45) is 5.41 Å². The second-order valence-corrected chi connectivity index (χ2v) is 7.66. The van der Waals surface area contributed by atoms with Crippen molar-refractivity contribution in [3.8, 4) is 0 Å². The Bertz CT molecular complexity index is 459. The molecule has 0 bridgehead atoms. The number of aromatic nitrogens is 2. The van der Waals surface area contributed by atoms with Crippen LogP contribution < -0.4 is 5.32 Å². The first-order chi connectivity index (χ1) is 10.0. The van der Waals surface area contributed by atoms with Crippen LogP contribution in [0.25, 0.3) is 0 Å². The van der Waals surface area contributed by atoms with E-state index in [9.17, 15) is 0 Å². The van der Waals surface area contributed by atoms with Crippen molar-refractivity contribution in [2.45, 2.75) is 65.0 Å². The minimum Gasteiger partial charge on any atom is -0.338 e. The topological polar surface area (TPSA) is 54.2 Å². The van der Waals surface area contributed by atoms with Crippen molar-refractivity contribution < 1.29 is 4.52 Å². The van der Waals surface area contributed by atoms with E-state index in [0.29, 0.717) is 12.1 Å². The van der Waals surface area contributed by atoms with Gasteiger partial charge in [-0.05, 0) is 50.7 Å². The van der Waals surface area contributed by atoms with Gasteiger partial charge >= 0.3 is 0 Å². The van der Waals surface area contributed by atoms with Crippen molar-refractivity contribution >= 4 is 0 Å². The molecule has 2 aliphatic rings. The average molecular weight is 292 g/mol. The molecule has 1 N–H and O–H groups in total. The van der Waals surface area contributed by atoms with Gasteiger partial charge in [0.25, 0.3) is 0 Å². The summed E-state index contributed by atoms with van der Waals surface area (Å²) in [6, 6.07) is 1.02. The molecule has 0 aliphatic carbocycles. The molecule has 5 heteroatoms. The molecule has 118 valence electrons. The van der Waals surface area contributed by atoms with Gasteiger partial charge < -0.3 is 9.84 Å². The maximum Gasteiger partial charge on any atom is 0.244 e. The first-order valence-corrected chi connectivity index (χ1v) is 8.32. The van der Waals surface area contributed by atoms with Crippen molar-refractivity contribution in [1.29, 1.82) is 0 Å². The Morgan fingerprint density at radius 1 is 1.24 bits per heavy atom. The molecule has 3 heterocycles. The third-order valence-electron chi connectivity index (χ3n) is 4.53. The Labute approximate surface area is 127 Å². The third kappa shape index (κ3) is 3.64. The van der Waals surface area contributed by atoms with Crippen molar-refractivity contribution in [1.82, 2.24) is 20.4 Å². The average Bonchev–Trinajstić information content (AvgIpc) is 3.06. The predicted octanol–water partition coefficient (Wildman–Crippen LogP) is 2.55. The van der Waals surface area contributed by atoms with Gasteiger partial charge in [-0.15, -0.1) is 0 Å². The van der Waals surface area contributed by atoms with E-state index in [1.165, 1.54) is 25.8 Å². The van der Waals surface area contributed by atoms with Gasteiger partial charge in [0, 0.05) is 12.5 Å². The second-order valence-electron chi connectivity index (χ2n) is 7.66. The number of nitrogens with zero attached hydrogens (tertiary/aromatic N) is 3. The molecule has 1 aromatic heterocycles. The molecule has 2 saturated heterocycles. The molecule has 1 aromatic rings. The highest BCUT2D eigenvalue weighted by Gasteiger charge is 2.35. The highest BCUT2D eigenvalue weighted by Crippen LogP contribution is 2.35. The van der Waals surface area contributed by atoms with Crippen molar-refractivity contribution in [3.05, 3.63) is 11.7 Å². The normalized spacial score (nSPS) is 25.6. The molecule has 0 amide bonds.